The molecule has 0 aromatic heterocycles. The van der Waals surface area contributed by atoms with Gasteiger partial charge in [-0.1, -0.05) is 0 Å². The Morgan fingerprint density at radius 2 is 0.114 bits per heavy atom. The molecule has 0 saturated heterocycles. The molecule has 0 aliphatic rings. The first-order chi connectivity index (χ1) is 4.00. The van der Waals surface area contributed by atoms with Gasteiger partial charge in [0.15, 0.2) is 0 Å². The molecule has 0 aliphatic carbocycles. The molecule has 532 valence electrons. The smallest absolute Gasteiger partial charge is 2.00 e. The third kappa shape index (κ3) is 3900. The van der Waals surface area contributed by atoms with Gasteiger partial charge in [0.25, 0.3) is 0 Å². The predicted molar refractivity (Wildman–Crippen MR) is 105 cm³/mol. The Morgan fingerprint density at radius 3 is 0.114 bits per heavy atom. The van der Waals surface area contributed by atoms with Crippen LogP contribution in [0.1, 0.15) is 0 Å². The maximum Gasteiger partial charge on any atom is 4.00 e. The molecule has 0 aliphatic heterocycles. The van der Waals surface area contributed by atoms with Crippen molar-refractivity contribution in [2.45, 2.75) is 0 Å². The van der Waals surface area contributed by atoms with Crippen LogP contribution < -0.4 is 207 Å². The van der Waals surface area contributed by atoms with Crippen LogP contribution in [0.15, 0.2) is 0 Å². The van der Waals surface area contributed by atoms with Crippen LogP contribution >= 0.6 is 15.6 Å². The van der Waals surface area contributed by atoms with E-state index in [4.69, 9.17) is 38.5 Å². The molecular weight excluding hydrogens is 2920 g/mol. The third-order valence-electron chi connectivity index (χ3n) is 0. The fourth-order valence-electron chi connectivity index (χ4n) is 0. The molecular formula is H36Mo18Na6O62P2. The standard InChI is InChI=1S/18Mo.6Na.2H3O4P.18H2O.36O/c;;;;;;;;;;;;;;;;;;;;;;;;2*1-5(2,3)4;;;;;;;;;;;;;;;;;;;;;;;;;;;;;;;;;;;;;;;;;;;;;;;;;;;;;;/h;;;;;;;;;;;;;;;;;;;;;;;;2*(H3,1,2,3,4);18*1H2;;;;;;;;;;;;;;;;;;;;;;;;;;;;;;;;;;;;/q18*+4;6*+1;;;;;;;;;;;;;;;;;;;;;36*-2/p-6. The molecule has 0 unspecified atom stereocenters. The summed E-state index contributed by atoms with van der Waals surface area (Å²) < 4.78 is 17.1. The summed E-state index contributed by atoms with van der Waals surface area (Å²) in [6.07, 6.45) is 0. The summed E-state index contributed by atoms with van der Waals surface area (Å²) in [4.78, 5) is 51.3. The molecule has 0 amide bonds. The van der Waals surface area contributed by atoms with Crippen molar-refractivity contribution in [1.29, 1.82) is 0 Å². The quantitative estimate of drug-likeness (QED) is 0.165. The van der Waals surface area contributed by atoms with E-state index in [0.717, 1.165) is 0 Å². The summed E-state index contributed by atoms with van der Waals surface area (Å²) in [5.41, 5.74) is 0. The number of phosphoric acid groups is 2. The average Bonchev–Trinajstić information content (AvgIpc) is 1.12. The van der Waals surface area contributed by atoms with Crippen LogP contribution in [0, 0.1) is 0 Å². The molecule has 0 radical (unpaired) electrons. The van der Waals surface area contributed by atoms with E-state index in [2.05, 4.69) is 0 Å². The topological polar surface area (TPSA) is 1770 Å². The van der Waals surface area contributed by atoms with Crippen LogP contribution in [0.5, 0.6) is 0 Å². The van der Waals surface area contributed by atoms with E-state index in [1.54, 1.807) is 0 Å². The molecule has 0 bridgehead atoms. The molecule has 0 rings (SSSR count). The molecule has 88 heteroatoms. The number of hydrogen-bond acceptors (Lipinski definition) is 8. The van der Waals surface area contributed by atoms with Gasteiger partial charge in [-0.05, 0) is 0 Å². The van der Waals surface area contributed by atoms with Gasteiger partial charge < -0.3 is 334 Å². The van der Waals surface area contributed by atoms with Crippen LogP contribution in [0.4, 0.5) is 0 Å². The zero-order valence-corrected chi connectivity index (χ0v) is 91.1. The van der Waals surface area contributed by atoms with E-state index >= 15 is 0 Å². The summed E-state index contributed by atoms with van der Waals surface area (Å²) in [5.74, 6) is 0. The first-order valence-electron chi connectivity index (χ1n) is 1.46. The largest absolute Gasteiger partial charge is 4.00 e. The van der Waals surface area contributed by atoms with Gasteiger partial charge >= 0.3 is 557 Å². The Labute approximate surface area is 889 Å². The molecule has 0 heterocycles. The van der Waals surface area contributed by atoms with Gasteiger partial charge in [-0.3, -0.25) is 0 Å². The Kier molecular flexibility index (Phi) is 28500. The Morgan fingerprint density at radius 1 is 0.114 bits per heavy atom. The number of rotatable bonds is 0. The van der Waals surface area contributed by atoms with E-state index < -0.39 is 15.6 Å². The van der Waals surface area contributed by atoms with E-state index in [0.29, 0.717) is 0 Å². The zero-order valence-electron chi connectivity index (χ0n) is 41.2. The molecule has 0 fully saturated rings. The maximum atomic E-state index is 8.55. The fraction of sp³-hybridized carbons (Fsp3) is 0. The van der Waals surface area contributed by atoms with Crippen molar-refractivity contribution in [3.63, 3.8) is 0 Å². The monoisotopic (exact) mass is 2990 g/mol. The molecule has 0 aromatic rings. The van der Waals surface area contributed by atoms with Gasteiger partial charge in [-0.15, -0.1) is 0 Å². The van der Waals surface area contributed by atoms with Gasteiger partial charge in [-0.2, -0.15) is 15.6 Å². The van der Waals surface area contributed by atoms with Crippen LogP contribution in [0.25, 0.3) is 0 Å². The predicted octanol–water partition coefficient (Wildman–Crippen LogP) is -42.8. The van der Waals surface area contributed by atoms with Crippen molar-refractivity contribution in [2.24, 2.45) is 0 Å². The average molecular weight is 2960 g/mol. The normalized spacial score (nSPS) is 1.34. The fourth-order valence-corrected chi connectivity index (χ4v) is 0. The van der Waals surface area contributed by atoms with Crippen molar-refractivity contribution in [3.8, 4) is 0 Å². The Hall–Kier alpha value is 16.4. The molecule has 88 heavy (non-hydrogen) atoms. The summed E-state index contributed by atoms with van der Waals surface area (Å²) in [6.45, 7) is 0. The van der Waals surface area contributed by atoms with Crippen molar-refractivity contribution in [2.75, 3.05) is 0 Å². The first-order valence-corrected chi connectivity index (χ1v) is 4.38. The van der Waals surface area contributed by atoms with Gasteiger partial charge in [0.1, 0.15) is 0 Å². The van der Waals surface area contributed by atoms with E-state index in [1.807, 2.05) is 0 Å². The SMILES string of the molecule is O.O.O.O.O.O.O.O.O.O.O.O.O.O.O.O.O.O.O=P([O-])([O-])[O-].O=P([O-])([O-])[O-].[Mo+4].[Mo+4].[Mo+4].[Mo+4].[Mo+4].[Mo+4].[Mo+4].[Mo+4].[Mo+4].[Mo+4].[Mo+4].[Mo+4].[Mo+4].[Mo+4].[Mo+4].[Mo+4].[Mo+4].[Mo+4].[Na+].[Na+].[Na+].[Na+].[Na+].[Na+].[O-2].[O-2].[O-2].[O-2].[O-2].[O-2].[O-2].[O-2].[O-2].[O-2].[O-2].[O-2].[O-2].[O-2].[O-2].[O-2].[O-2].[O-2].[O-2].[O-2].[O-2].[O-2].[O-2].[O-2].[O-2].[O-2].[O-2].[O-2].[O-2].[O-2].[O-2].[O-2].[O-2].[O-2].[O-2].[O-2]. The summed E-state index contributed by atoms with van der Waals surface area (Å²) in [7, 11) is -10.8. The Balaban J connectivity index is -0.0000000000989. The van der Waals surface area contributed by atoms with E-state index in [-0.39, 0.29) is 852 Å². The minimum Gasteiger partial charge on any atom is -2.00 e. The summed E-state index contributed by atoms with van der Waals surface area (Å²) in [6, 6.07) is 0. The van der Waals surface area contributed by atoms with Crippen molar-refractivity contribution >= 4 is 15.6 Å². The second-order valence-electron chi connectivity index (χ2n) is 0.894. The van der Waals surface area contributed by atoms with Gasteiger partial charge in [-0.25, -0.2) is 0 Å². The van der Waals surface area contributed by atoms with Gasteiger partial charge in [0.05, 0.1) is 0 Å². The molecule has 0 atom stereocenters. The van der Waals surface area contributed by atoms with Crippen LogP contribution in [-0.2, 0) is 585 Å². The molecule has 0 saturated carbocycles. The maximum absolute atomic E-state index is 8.55. The van der Waals surface area contributed by atoms with Crippen LogP contribution in [0.2, 0.25) is 0 Å². The van der Waals surface area contributed by atoms with E-state index in [1.165, 1.54) is 0 Å². The molecule has 36 N–H and O–H groups in total. The van der Waals surface area contributed by atoms with Crippen molar-refractivity contribution in [1.82, 2.24) is 0 Å². The molecule has 62 nitrogen and oxygen atoms in total. The van der Waals surface area contributed by atoms with Crippen molar-refractivity contribution < 1.29 is 891 Å². The van der Waals surface area contributed by atoms with Gasteiger partial charge in [0, 0.05) is 0 Å². The molecule has 0 aromatic carbocycles. The van der Waals surface area contributed by atoms with Crippen molar-refractivity contribution in [3.05, 3.63) is 0 Å². The zero-order chi connectivity index (χ0) is 9.00. The second kappa shape index (κ2) is 1340. The van der Waals surface area contributed by atoms with Gasteiger partial charge in [0.2, 0.25) is 0 Å². The Bertz CT molecular complexity index is 219. The van der Waals surface area contributed by atoms with Crippen LogP contribution in [-0.4, -0.2) is 98.6 Å². The van der Waals surface area contributed by atoms with E-state index in [9.17, 15) is 0 Å². The second-order valence-corrected chi connectivity index (χ2v) is 2.68. The first kappa shape index (κ1) is 1870. The minimum atomic E-state index is -5.39. The molecule has 0 spiro atoms. The third-order valence-corrected chi connectivity index (χ3v) is 0. The number of hydrogen-bond donors (Lipinski definition) is 0. The summed E-state index contributed by atoms with van der Waals surface area (Å²) >= 11 is 0. The summed E-state index contributed by atoms with van der Waals surface area (Å²) in [5, 5.41) is 0. The minimum absolute atomic E-state index is 0. The van der Waals surface area contributed by atoms with Crippen LogP contribution in [0.3, 0.4) is 0 Å².